The summed E-state index contributed by atoms with van der Waals surface area (Å²) in [5.41, 5.74) is 5.47. The lowest BCUT2D eigenvalue weighted by atomic mass is 9.98. The largest absolute Gasteiger partial charge is 0.459 e. The number of carbonyl (C=O) groups is 1. The summed E-state index contributed by atoms with van der Waals surface area (Å²) < 4.78 is 5.67. The van der Waals surface area contributed by atoms with Crippen LogP contribution < -0.4 is 0 Å². The van der Waals surface area contributed by atoms with Crippen LogP contribution in [0.25, 0.3) is 11.1 Å². The molecule has 1 atom stereocenters. The van der Waals surface area contributed by atoms with Gasteiger partial charge in [0.1, 0.15) is 6.10 Å². The van der Waals surface area contributed by atoms with Gasteiger partial charge in [0.25, 0.3) is 0 Å². The third kappa shape index (κ3) is 8.16. The van der Waals surface area contributed by atoms with Gasteiger partial charge in [0.15, 0.2) is 0 Å². The highest BCUT2D eigenvalue weighted by Crippen LogP contribution is 2.22. The summed E-state index contributed by atoms with van der Waals surface area (Å²) in [5.74, 6) is -0.311. The van der Waals surface area contributed by atoms with Crippen molar-refractivity contribution < 1.29 is 9.53 Å². The van der Waals surface area contributed by atoms with Gasteiger partial charge in [0.05, 0.1) is 0 Å². The maximum atomic E-state index is 12.0. The topological polar surface area (TPSA) is 29.5 Å². The van der Waals surface area contributed by atoms with Crippen molar-refractivity contribution in [3.63, 3.8) is 0 Å². The first-order chi connectivity index (χ1) is 14.4. The van der Waals surface area contributed by atoms with Gasteiger partial charge in [-0.2, -0.15) is 0 Å². The van der Waals surface area contributed by atoms with E-state index in [9.17, 15) is 4.79 Å². The number of carbonyl (C=O) groups excluding carboxylic acids is 1. The van der Waals surface area contributed by atoms with E-state index in [0.29, 0.717) is 12.0 Å². The van der Waals surface area contributed by atoms with Crippen molar-refractivity contribution in [2.75, 3.05) is 20.6 Å². The minimum Gasteiger partial charge on any atom is -0.459 e. The van der Waals surface area contributed by atoms with E-state index in [1.165, 1.54) is 41.5 Å². The van der Waals surface area contributed by atoms with Gasteiger partial charge in [-0.15, -0.1) is 0 Å². The normalized spacial score (nSPS) is 12.0. The monoisotopic (exact) mass is 407 g/mol. The van der Waals surface area contributed by atoms with Crippen molar-refractivity contribution in [2.24, 2.45) is 0 Å². The number of ether oxygens (including phenoxy) is 1. The van der Waals surface area contributed by atoms with E-state index in [2.05, 4.69) is 66.9 Å². The molecule has 0 saturated heterocycles. The predicted octanol–water partition coefficient (Wildman–Crippen LogP) is 6.07. The molecule has 0 aliphatic carbocycles. The average Bonchev–Trinajstić information content (AvgIpc) is 2.73. The van der Waals surface area contributed by atoms with Gasteiger partial charge < -0.3 is 9.64 Å². The second-order valence-electron chi connectivity index (χ2n) is 8.45. The van der Waals surface area contributed by atoms with Crippen LogP contribution in [0.2, 0.25) is 0 Å². The summed E-state index contributed by atoms with van der Waals surface area (Å²) in [6, 6.07) is 17.5. The molecule has 0 fully saturated rings. The van der Waals surface area contributed by atoms with Crippen LogP contribution in [-0.2, 0) is 22.4 Å². The maximum Gasteiger partial charge on any atom is 0.333 e. The van der Waals surface area contributed by atoms with Crippen molar-refractivity contribution in [1.82, 2.24) is 4.90 Å². The third-order valence-electron chi connectivity index (χ3n) is 5.29. The summed E-state index contributed by atoms with van der Waals surface area (Å²) in [4.78, 5) is 14.1. The molecule has 0 saturated carbocycles. The Morgan fingerprint density at radius 3 is 2.03 bits per heavy atom. The molecule has 1 unspecified atom stereocenters. The number of nitrogens with zero attached hydrogens (tertiary/aromatic N) is 1. The minimum atomic E-state index is -0.311. The molecule has 0 radical (unpaired) electrons. The molecule has 2 rings (SSSR count). The highest BCUT2D eigenvalue weighted by Gasteiger charge is 2.16. The van der Waals surface area contributed by atoms with Crippen LogP contribution in [0.15, 0.2) is 60.7 Å². The molecule has 0 heterocycles. The zero-order chi connectivity index (χ0) is 21.9. The lowest BCUT2D eigenvalue weighted by molar-refractivity contribution is -0.144. The van der Waals surface area contributed by atoms with Crippen LogP contribution in [0.3, 0.4) is 0 Å². The molecule has 0 amide bonds. The average molecular weight is 408 g/mol. The molecule has 3 nitrogen and oxygen atoms in total. The molecular weight excluding hydrogens is 370 g/mol. The van der Waals surface area contributed by atoms with Gasteiger partial charge in [0, 0.05) is 18.5 Å². The maximum absolute atomic E-state index is 12.0. The van der Waals surface area contributed by atoms with E-state index < -0.39 is 0 Å². The third-order valence-corrected chi connectivity index (χ3v) is 5.29. The van der Waals surface area contributed by atoms with Crippen LogP contribution in [0.1, 0.15) is 50.7 Å². The first-order valence-electron chi connectivity index (χ1n) is 11.1. The van der Waals surface area contributed by atoms with Crippen LogP contribution >= 0.6 is 0 Å². The fourth-order valence-electron chi connectivity index (χ4n) is 3.40. The summed E-state index contributed by atoms with van der Waals surface area (Å²) >= 11 is 0. The Morgan fingerprint density at radius 1 is 0.967 bits per heavy atom. The molecule has 0 N–H and O–H groups in total. The summed E-state index contributed by atoms with van der Waals surface area (Å²) in [5, 5.41) is 0. The molecule has 30 heavy (non-hydrogen) atoms. The number of unbranched alkanes of at least 4 members (excludes halogenated alkanes) is 2. The quantitative estimate of drug-likeness (QED) is 0.243. The molecular formula is C27H37NO2. The fourth-order valence-corrected chi connectivity index (χ4v) is 3.40. The zero-order valence-electron chi connectivity index (χ0n) is 19.1. The van der Waals surface area contributed by atoms with Crippen molar-refractivity contribution in [1.29, 1.82) is 0 Å². The molecule has 3 heteroatoms. The van der Waals surface area contributed by atoms with E-state index in [4.69, 9.17) is 4.74 Å². The van der Waals surface area contributed by atoms with Crippen molar-refractivity contribution in [3.8, 4) is 11.1 Å². The zero-order valence-corrected chi connectivity index (χ0v) is 19.1. The highest BCUT2D eigenvalue weighted by molar-refractivity contribution is 5.87. The van der Waals surface area contributed by atoms with Crippen molar-refractivity contribution in [2.45, 2.75) is 58.5 Å². The van der Waals surface area contributed by atoms with E-state index >= 15 is 0 Å². The molecule has 0 aromatic heterocycles. The molecule has 0 aliphatic rings. The summed E-state index contributed by atoms with van der Waals surface area (Å²) in [6.07, 6.45) is 6.33. The predicted molar refractivity (Wildman–Crippen MR) is 127 cm³/mol. The number of hydrogen-bond acceptors (Lipinski definition) is 3. The van der Waals surface area contributed by atoms with Gasteiger partial charge in [0.2, 0.25) is 0 Å². The second kappa shape index (κ2) is 12.3. The Kier molecular flexibility index (Phi) is 9.82. The highest BCUT2D eigenvalue weighted by atomic mass is 16.5. The van der Waals surface area contributed by atoms with Crippen molar-refractivity contribution >= 4 is 5.97 Å². The first-order valence-corrected chi connectivity index (χ1v) is 11.1. The Morgan fingerprint density at radius 2 is 1.53 bits per heavy atom. The van der Waals surface area contributed by atoms with Crippen LogP contribution in [0.4, 0.5) is 0 Å². The Bertz CT molecular complexity index is 791. The molecule has 0 spiro atoms. The minimum absolute atomic E-state index is 0.148. The Balaban J connectivity index is 2.01. The Hall–Kier alpha value is -2.39. The lowest BCUT2D eigenvalue weighted by Gasteiger charge is -2.20. The van der Waals surface area contributed by atoms with E-state index in [0.717, 1.165) is 19.4 Å². The number of esters is 1. The van der Waals surface area contributed by atoms with Crippen LogP contribution in [-0.4, -0.2) is 37.6 Å². The fraction of sp³-hybridized carbons (Fsp3) is 0.444. The SMILES string of the molecule is C=C(C)C(=O)OC(CCN(C)C)Cc1ccc(-c2ccc(CCCCC)cc2)cc1. The van der Waals surface area contributed by atoms with Crippen LogP contribution in [0.5, 0.6) is 0 Å². The van der Waals surface area contributed by atoms with E-state index in [-0.39, 0.29) is 12.1 Å². The van der Waals surface area contributed by atoms with Crippen LogP contribution in [0, 0.1) is 0 Å². The molecule has 0 bridgehead atoms. The summed E-state index contributed by atoms with van der Waals surface area (Å²) in [6.45, 7) is 8.50. The smallest absolute Gasteiger partial charge is 0.333 e. The number of rotatable bonds is 12. The second-order valence-corrected chi connectivity index (χ2v) is 8.45. The number of hydrogen-bond donors (Lipinski definition) is 0. The Labute approximate surface area is 182 Å². The summed E-state index contributed by atoms with van der Waals surface area (Å²) in [7, 11) is 4.06. The molecule has 2 aromatic carbocycles. The van der Waals surface area contributed by atoms with Gasteiger partial charge in [-0.1, -0.05) is 74.9 Å². The van der Waals surface area contributed by atoms with Gasteiger partial charge >= 0.3 is 5.97 Å². The molecule has 0 aliphatic heterocycles. The molecule has 2 aromatic rings. The molecule has 162 valence electrons. The van der Waals surface area contributed by atoms with Gasteiger partial charge in [-0.3, -0.25) is 0 Å². The standard InChI is InChI=1S/C27H37NO2/c1-6-7-8-9-22-10-14-24(15-11-22)25-16-12-23(13-17-25)20-26(18-19-28(4)5)30-27(29)21(2)3/h10-17,26H,2,6-9,18-20H2,1,3-5H3. The van der Waals surface area contributed by atoms with Crippen molar-refractivity contribution in [3.05, 3.63) is 71.8 Å². The first kappa shape index (κ1) is 23.9. The lowest BCUT2D eigenvalue weighted by Crippen LogP contribution is -2.26. The van der Waals surface area contributed by atoms with E-state index in [1.54, 1.807) is 6.92 Å². The van der Waals surface area contributed by atoms with Gasteiger partial charge in [-0.05, 0) is 62.5 Å². The van der Waals surface area contributed by atoms with Gasteiger partial charge in [-0.25, -0.2) is 4.79 Å². The number of aryl methyl sites for hydroxylation is 1. The number of benzene rings is 2. The van der Waals surface area contributed by atoms with E-state index in [1.807, 2.05) is 14.1 Å².